The highest BCUT2D eigenvalue weighted by Gasteiger charge is 2.33. The van der Waals surface area contributed by atoms with Gasteiger partial charge in [0.25, 0.3) is 0 Å². The summed E-state index contributed by atoms with van der Waals surface area (Å²) in [5.74, 6) is 0. The number of likely N-dealkylation sites (N-methyl/N-ethyl adjacent to an activating group) is 1. The Labute approximate surface area is 113 Å². The molecule has 3 N–H and O–H groups in total. The second kappa shape index (κ2) is 5.34. The van der Waals surface area contributed by atoms with Crippen LogP contribution < -0.4 is 10.6 Å². The van der Waals surface area contributed by atoms with E-state index in [1.54, 1.807) is 0 Å². The molecule has 2 rings (SSSR count). The molecule has 4 nitrogen and oxygen atoms in total. The van der Waals surface area contributed by atoms with E-state index in [2.05, 4.69) is 9.80 Å². The molecule has 1 aliphatic rings. The highest BCUT2D eigenvalue weighted by molar-refractivity contribution is 6.34. The van der Waals surface area contributed by atoms with E-state index in [-0.39, 0.29) is 12.1 Å². The average Bonchev–Trinajstić information content (AvgIpc) is 2.58. The van der Waals surface area contributed by atoms with Crippen molar-refractivity contribution in [2.45, 2.75) is 18.6 Å². The Bertz CT molecular complexity index is 404. The van der Waals surface area contributed by atoms with Crippen molar-refractivity contribution < 1.29 is 5.11 Å². The molecule has 1 aliphatic heterocycles. The highest BCUT2D eigenvalue weighted by atomic mass is 35.5. The van der Waals surface area contributed by atoms with Crippen LogP contribution >= 0.6 is 11.6 Å². The minimum atomic E-state index is -0.314. The number of hydrogen-bond donors (Lipinski definition) is 2. The third kappa shape index (κ3) is 2.71. The first-order valence-electron chi connectivity index (χ1n) is 6.12. The van der Waals surface area contributed by atoms with Gasteiger partial charge in [0.2, 0.25) is 0 Å². The molecule has 18 heavy (non-hydrogen) atoms. The van der Waals surface area contributed by atoms with E-state index in [1.165, 1.54) is 0 Å². The van der Waals surface area contributed by atoms with E-state index in [1.807, 2.05) is 32.3 Å². The summed E-state index contributed by atoms with van der Waals surface area (Å²) in [5, 5.41) is 10.5. The normalized spacial score (nSPS) is 23.9. The lowest BCUT2D eigenvalue weighted by atomic mass is 10.1. The molecular weight excluding hydrogens is 250 g/mol. The van der Waals surface area contributed by atoms with Crippen molar-refractivity contribution >= 4 is 23.0 Å². The van der Waals surface area contributed by atoms with Crippen molar-refractivity contribution in [1.82, 2.24) is 4.90 Å². The molecule has 0 aliphatic carbocycles. The number of nitrogen functional groups attached to an aromatic ring is 1. The van der Waals surface area contributed by atoms with E-state index >= 15 is 0 Å². The van der Waals surface area contributed by atoms with Gasteiger partial charge in [-0.25, -0.2) is 0 Å². The van der Waals surface area contributed by atoms with Crippen LogP contribution in [0.1, 0.15) is 6.42 Å². The predicted molar refractivity (Wildman–Crippen MR) is 76.2 cm³/mol. The number of benzene rings is 1. The van der Waals surface area contributed by atoms with Crippen LogP contribution in [0.4, 0.5) is 11.4 Å². The van der Waals surface area contributed by atoms with Gasteiger partial charge in [-0.05, 0) is 32.6 Å². The van der Waals surface area contributed by atoms with E-state index in [4.69, 9.17) is 17.3 Å². The van der Waals surface area contributed by atoms with Crippen LogP contribution in [-0.2, 0) is 0 Å². The maximum absolute atomic E-state index is 9.88. The van der Waals surface area contributed by atoms with Gasteiger partial charge < -0.3 is 20.6 Å². The van der Waals surface area contributed by atoms with Crippen molar-refractivity contribution in [1.29, 1.82) is 0 Å². The monoisotopic (exact) mass is 269 g/mol. The standard InChI is InChI=1S/C13H20ClN3O/c1-16(2)7-9-6-10(18)8-17(9)13-11(14)4-3-5-12(13)15/h3-5,9-10,18H,6-8,15H2,1-2H3. The molecule has 1 fully saturated rings. The van der Waals surface area contributed by atoms with Gasteiger partial charge in [-0.3, -0.25) is 0 Å². The summed E-state index contributed by atoms with van der Waals surface area (Å²) in [6.45, 7) is 1.47. The van der Waals surface area contributed by atoms with Gasteiger partial charge >= 0.3 is 0 Å². The van der Waals surface area contributed by atoms with Crippen LogP contribution in [0.15, 0.2) is 18.2 Å². The first kappa shape index (κ1) is 13.5. The number of para-hydroxylation sites is 1. The van der Waals surface area contributed by atoms with Gasteiger partial charge in [-0.2, -0.15) is 0 Å². The zero-order valence-electron chi connectivity index (χ0n) is 10.8. The Kier molecular flexibility index (Phi) is 4.00. The summed E-state index contributed by atoms with van der Waals surface area (Å²) >= 11 is 6.24. The highest BCUT2D eigenvalue weighted by Crippen LogP contribution is 2.36. The lowest BCUT2D eigenvalue weighted by molar-refractivity contribution is 0.191. The zero-order valence-corrected chi connectivity index (χ0v) is 11.6. The fourth-order valence-corrected chi connectivity index (χ4v) is 2.89. The molecule has 1 aromatic carbocycles. The van der Waals surface area contributed by atoms with Gasteiger partial charge in [0.05, 0.1) is 22.5 Å². The number of nitrogens with two attached hydrogens (primary N) is 1. The SMILES string of the molecule is CN(C)CC1CC(O)CN1c1c(N)cccc1Cl. The van der Waals surface area contributed by atoms with Crippen molar-refractivity contribution in [2.24, 2.45) is 0 Å². The molecule has 0 spiro atoms. The second-order valence-corrected chi connectivity index (χ2v) is 5.54. The number of anilines is 2. The quantitative estimate of drug-likeness (QED) is 0.815. The Morgan fingerprint density at radius 2 is 2.22 bits per heavy atom. The molecule has 2 unspecified atom stereocenters. The summed E-state index contributed by atoms with van der Waals surface area (Å²) in [4.78, 5) is 4.24. The maximum atomic E-state index is 9.88. The number of halogens is 1. The Balaban J connectivity index is 2.30. The largest absolute Gasteiger partial charge is 0.397 e. The molecule has 5 heteroatoms. The summed E-state index contributed by atoms with van der Waals surface area (Å²) in [5.41, 5.74) is 7.53. The van der Waals surface area contributed by atoms with Gasteiger partial charge in [0, 0.05) is 19.1 Å². The summed E-state index contributed by atoms with van der Waals surface area (Å²) in [6.07, 6.45) is 0.439. The summed E-state index contributed by atoms with van der Waals surface area (Å²) in [6, 6.07) is 5.77. The molecule has 1 aromatic rings. The predicted octanol–water partition coefficient (Wildman–Crippen LogP) is 1.42. The number of hydrogen-bond acceptors (Lipinski definition) is 4. The lowest BCUT2D eigenvalue weighted by Crippen LogP contribution is -2.38. The molecule has 1 saturated heterocycles. The molecule has 0 aromatic heterocycles. The third-order valence-electron chi connectivity index (χ3n) is 3.27. The Morgan fingerprint density at radius 3 is 2.83 bits per heavy atom. The van der Waals surface area contributed by atoms with Crippen LogP contribution in [-0.4, -0.2) is 49.3 Å². The fourth-order valence-electron chi connectivity index (χ4n) is 2.60. The minimum absolute atomic E-state index is 0.247. The van der Waals surface area contributed by atoms with Crippen LogP contribution in [0.2, 0.25) is 5.02 Å². The van der Waals surface area contributed by atoms with E-state index in [0.717, 1.165) is 18.7 Å². The van der Waals surface area contributed by atoms with Gasteiger partial charge in [-0.1, -0.05) is 17.7 Å². The van der Waals surface area contributed by atoms with Crippen molar-refractivity contribution in [2.75, 3.05) is 37.8 Å². The summed E-state index contributed by atoms with van der Waals surface area (Å²) < 4.78 is 0. The molecular formula is C13H20ClN3O. The molecule has 0 bridgehead atoms. The summed E-state index contributed by atoms with van der Waals surface area (Å²) in [7, 11) is 4.05. The smallest absolute Gasteiger partial charge is 0.0793 e. The Hall–Kier alpha value is -0.970. The lowest BCUT2D eigenvalue weighted by Gasteiger charge is -2.30. The maximum Gasteiger partial charge on any atom is 0.0793 e. The first-order chi connectivity index (χ1) is 8.49. The topological polar surface area (TPSA) is 52.7 Å². The number of aliphatic hydroxyl groups excluding tert-OH is 1. The molecule has 100 valence electrons. The van der Waals surface area contributed by atoms with Gasteiger partial charge in [-0.15, -0.1) is 0 Å². The second-order valence-electron chi connectivity index (χ2n) is 5.14. The third-order valence-corrected chi connectivity index (χ3v) is 3.58. The van der Waals surface area contributed by atoms with E-state index in [0.29, 0.717) is 17.3 Å². The van der Waals surface area contributed by atoms with E-state index < -0.39 is 0 Å². The number of rotatable bonds is 3. The molecule has 2 atom stereocenters. The molecule has 0 amide bonds. The zero-order chi connectivity index (χ0) is 13.3. The van der Waals surface area contributed by atoms with Crippen LogP contribution in [0, 0.1) is 0 Å². The first-order valence-corrected chi connectivity index (χ1v) is 6.50. The number of aliphatic hydroxyl groups is 1. The van der Waals surface area contributed by atoms with E-state index in [9.17, 15) is 5.11 Å². The molecule has 1 heterocycles. The Morgan fingerprint density at radius 1 is 1.50 bits per heavy atom. The molecule has 0 saturated carbocycles. The van der Waals surface area contributed by atoms with Crippen LogP contribution in [0.5, 0.6) is 0 Å². The molecule has 0 radical (unpaired) electrons. The number of nitrogens with zero attached hydrogens (tertiary/aromatic N) is 2. The fraction of sp³-hybridized carbons (Fsp3) is 0.538. The average molecular weight is 270 g/mol. The van der Waals surface area contributed by atoms with Crippen LogP contribution in [0.3, 0.4) is 0 Å². The van der Waals surface area contributed by atoms with Crippen molar-refractivity contribution in [3.05, 3.63) is 23.2 Å². The van der Waals surface area contributed by atoms with Gasteiger partial charge in [0.1, 0.15) is 0 Å². The van der Waals surface area contributed by atoms with Gasteiger partial charge in [0.15, 0.2) is 0 Å². The van der Waals surface area contributed by atoms with Crippen molar-refractivity contribution in [3.63, 3.8) is 0 Å². The van der Waals surface area contributed by atoms with Crippen LogP contribution in [0.25, 0.3) is 0 Å². The minimum Gasteiger partial charge on any atom is -0.397 e. The van der Waals surface area contributed by atoms with Crippen molar-refractivity contribution in [3.8, 4) is 0 Å². The number of β-amino-alcohol motifs (C(OH)–C–C–N with tert-alkyl or cyclic N) is 1.